The number of phenolic OH excluding ortho intramolecular Hbond substituents is 1. The molecule has 0 bridgehead atoms. The van der Waals surface area contributed by atoms with Crippen molar-refractivity contribution in [1.29, 1.82) is 0 Å². The van der Waals surface area contributed by atoms with Crippen LogP contribution in [0.5, 0.6) is 5.75 Å². The number of rotatable bonds is 6. The van der Waals surface area contributed by atoms with Gasteiger partial charge in [0.2, 0.25) is 5.43 Å². The zero-order chi connectivity index (χ0) is 20.3. The largest absolute Gasteiger partial charge is 0.508 e. The van der Waals surface area contributed by atoms with Crippen LogP contribution in [0.25, 0.3) is 0 Å². The van der Waals surface area contributed by atoms with Gasteiger partial charge in [0.25, 0.3) is 5.91 Å². The summed E-state index contributed by atoms with van der Waals surface area (Å²) in [6.45, 7) is 5.83. The molecule has 0 unspecified atom stereocenters. The van der Waals surface area contributed by atoms with Gasteiger partial charge >= 0.3 is 0 Å². The van der Waals surface area contributed by atoms with Crippen LogP contribution in [0.1, 0.15) is 46.7 Å². The van der Waals surface area contributed by atoms with Gasteiger partial charge in [-0.05, 0) is 59.0 Å². The number of methoxy groups -OCH3 is 1. The summed E-state index contributed by atoms with van der Waals surface area (Å²) in [6.07, 6.45) is 1.27. The number of hydrogen-bond donors (Lipinski definition) is 2. The number of aromatic nitrogens is 1. The first kappa shape index (κ1) is 21.2. The zero-order valence-electron chi connectivity index (χ0n) is 16.3. The standard InChI is InChI=1S/C20H25BrN2O4/c1-6-12-8-14(24)9-13(7-2)18(12)22-20(26)16-15(10-27-5)23(4)11(3)17(21)19(16)25/h8-9,24H,6-7,10H2,1-5H3,(H,22,26). The SMILES string of the molecule is CCc1cc(O)cc(CC)c1NC(=O)c1c(COC)n(C)c(C)c(Br)c1=O. The highest BCUT2D eigenvalue weighted by atomic mass is 79.9. The molecule has 1 aromatic heterocycles. The van der Waals surface area contributed by atoms with Gasteiger partial charge in [-0.15, -0.1) is 0 Å². The lowest BCUT2D eigenvalue weighted by Crippen LogP contribution is -2.29. The van der Waals surface area contributed by atoms with Crippen LogP contribution in [0.3, 0.4) is 0 Å². The highest BCUT2D eigenvalue weighted by molar-refractivity contribution is 9.10. The van der Waals surface area contributed by atoms with E-state index in [0.717, 1.165) is 16.8 Å². The van der Waals surface area contributed by atoms with Gasteiger partial charge in [-0.25, -0.2) is 0 Å². The molecule has 146 valence electrons. The van der Waals surface area contributed by atoms with E-state index in [-0.39, 0.29) is 23.3 Å². The van der Waals surface area contributed by atoms with E-state index in [1.54, 1.807) is 30.7 Å². The zero-order valence-corrected chi connectivity index (χ0v) is 17.9. The summed E-state index contributed by atoms with van der Waals surface area (Å²) in [7, 11) is 3.31. The molecular formula is C20H25BrN2O4. The van der Waals surface area contributed by atoms with E-state index in [1.165, 1.54) is 7.11 Å². The summed E-state index contributed by atoms with van der Waals surface area (Å²) in [5.74, 6) is -0.325. The molecule has 1 aromatic carbocycles. The van der Waals surface area contributed by atoms with Crippen LogP contribution >= 0.6 is 15.9 Å². The summed E-state index contributed by atoms with van der Waals surface area (Å²) < 4.78 is 7.35. The van der Waals surface area contributed by atoms with Crippen molar-refractivity contribution < 1.29 is 14.6 Å². The van der Waals surface area contributed by atoms with Gasteiger partial charge in [0.05, 0.1) is 16.8 Å². The first-order chi connectivity index (χ1) is 12.8. The lowest BCUT2D eigenvalue weighted by Gasteiger charge is -2.19. The van der Waals surface area contributed by atoms with Crippen molar-refractivity contribution in [1.82, 2.24) is 4.57 Å². The third kappa shape index (κ3) is 4.09. The van der Waals surface area contributed by atoms with E-state index in [1.807, 2.05) is 13.8 Å². The molecule has 2 rings (SSSR count). The predicted octanol–water partition coefficient (Wildman–Crippen LogP) is 3.69. The van der Waals surface area contributed by atoms with Crippen LogP contribution in [0, 0.1) is 6.92 Å². The smallest absolute Gasteiger partial charge is 0.261 e. The fourth-order valence-electron chi connectivity index (χ4n) is 3.11. The maximum atomic E-state index is 13.1. The Morgan fingerprint density at radius 1 is 1.26 bits per heavy atom. The normalized spacial score (nSPS) is 10.9. The summed E-state index contributed by atoms with van der Waals surface area (Å²) in [4.78, 5) is 25.9. The molecule has 0 atom stereocenters. The van der Waals surface area contributed by atoms with Gasteiger partial charge < -0.3 is 19.7 Å². The quantitative estimate of drug-likeness (QED) is 0.676. The molecular weight excluding hydrogens is 412 g/mol. The Bertz CT molecular complexity index is 910. The number of phenols is 1. The second kappa shape index (κ2) is 8.71. The number of hydrogen-bond acceptors (Lipinski definition) is 4. The minimum atomic E-state index is -0.488. The molecule has 0 aliphatic rings. The van der Waals surface area contributed by atoms with Crippen LogP contribution in [-0.4, -0.2) is 22.7 Å². The van der Waals surface area contributed by atoms with Gasteiger partial charge in [0, 0.05) is 25.5 Å². The summed E-state index contributed by atoms with van der Waals surface area (Å²) in [5, 5.41) is 12.8. The first-order valence-electron chi connectivity index (χ1n) is 8.79. The summed E-state index contributed by atoms with van der Waals surface area (Å²) in [5.41, 5.74) is 3.18. The topological polar surface area (TPSA) is 80.6 Å². The molecule has 0 saturated heterocycles. The number of ether oxygens (including phenoxy) is 1. The van der Waals surface area contributed by atoms with E-state index in [0.29, 0.717) is 28.7 Å². The molecule has 7 heteroatoms. The molecule has 0 fully saturated rings. The van der Waals surface area contributed by atoms with E-state index in [2.05, 4.69) is 21.2 Å². The molecule has 27 heavy (non-hydrogen) atoms. The van der Waals surface area contributed by atoms with Gasteiger partial charge in [0.15, 0.2) is 0 Å². The first-order valence-corrected chi connectivity index (χ1v) is 9.58. The number of nitrogens with one attached hydrogen (secondary N) is 1. The van der Waals surface area contributed by atoms with Crippen molar-refractivity contribution in [2.24, 2.45) is 7.05 Å². The molecule has 0 radical (unpaired) electrons. The van der Waals surface area contributed by atoms with Crippen LogP contribution in [-0.2, 0) is 31.2 Å². The summed E-state index contributed by atoms with van der Waals surface area (Å²) >= 11 is 3.30. The van der Waals surface area contributed by atoms with Gasteiger partial charge in [0.1, 0.15) is 11.3 Å². The van der Waals surface area contributed by atoms with E-state index in [9.17, 15) is 14.7 Å². The Labute approximate surface area is 167 Å². The van der Waals surface area contributed by atoms with E-state index < -0.39 is 5.91 Å². The number of halogens is 1. The van der Waals surface area contributed by atoms with Crippen molar-refractivity contribution in [3.05, 3.63) is 54.9 Å². The number of carbonyl (C=O) groups is 1. The second-order valence-corrected chi connectivity index (χ2v) is 7.14. The van der Waals surface area contributed by atoms with Gasteiger partial charge in [-0.3, -0.25) is 9.59 Å². The van der Waals surface area contributed by atoms with Gasteiger partial charge in [-0.1, -0.05) is 13.8 Å². The Morgan fingerprint density at radius 2 is 1.81 bits per heavy atom. The molecule has 2 aromatic rings. The van der Waals surface area contributed by atoms with Crippen molar-refractivity contribution in [2.45, 2.75) is 40.2 Å². The Hall–Kier alpha value is -2.12. The lowest BCUT2D eigenvalue weighted by molar-refractivity contribution is 0.101. The fourth-order valence-corrected chi connectivity index (χ4v) is 3.57. The van der Waals surface area contributed by atoms with E-state index >= 15 is 0 Å². The van der Waals surface area contributed by atoms with Crippen molar-refractivity contribution in [3.8, 4) is 5.75 Å². The second-order valence-electron chi connectivity index (χ2n) is 6.34. The Morgan fingerprint density at radius 3 is 2.30 bits per heavy atom. The van der Waals surface area contributed by atoms with Crippen LogP contribution in [0.2, 0.25) is 0 Å². The predicted molar refractivity (Wildman–Crippen MR) is 110 cm³/mol. The molecule has 0 aliphatic carbocycles. The molecule has 0 aliphatic heterocycles. The number of amides is 1. The highest BCUT2D eigenvalue weighted by Gasteiger charge is 2.23. The number of aryl methyl sites for hydroxylation is 2. The molecule has 1 amide bonds. The molecule has 0 spiro atoms. The minimum absolute atomic E-state index is 0.0500. The number of anilines is 1. The van der Waals surface area contributed by atoms with Crippen molar-refractivity contribution in [3.63, 3.8) is 0 Å². The third-order valence-electron chi connectivity index (χ3n) is 4.74. The van der Waals surface area contributed by atoms with E-state index in [4.69, 9.17) is 4.74 Å². The molecule has 1 heterocycles. The number of pyridine rings is 1. The fraction of sp³-hybridized carbons (Fsp3) is 0.400. The van der Waals surface area contributed by atoms with Crippen LogP contribution in [0.4, 0.5) is 5.69 Å². The highest BCUT2D eigenvalue weighted by Crippen LogP contribution is 2.28. The van der Waals surface area contributed by atoms with Crippen LogP contribution < -0.4 is 10.7 Å². The maximum Gasteiger partial charge on any atom is 0.261 e. The monoisotopic (exact) mass is 436 g/mol. The number of aromatic hydroxyl groups is 1. The van der Waals surface area contributed by atoms with Crippen molar-refractivity contribution in [2.75, 3.05) is 12.4 Å². The lowest BCUT2D eigenvalue weighted by atomic mass is 10.0. The average Bonchev–Trinajstić information content (AvgIpc) is 2.65. The van der Waals surface area contributed by atoms with Crippen LogP contribution in [0.15, 0.2) is 21.4 Å². The van der Waals surface area contributed by atoms with Crippen molar-refractivity contribution >= 4 is 27.5 Å². The Kier molecular flexibility index (Phi) is 6.84. The molecule has 0 saturated carbocycles. The minimum Gasteiger partial charge on any atom is -0.508 e. The third-order valence-corrected chi connectivity index (χ3v) is 5.67. The Balaban J connectivity index is 2.63. The average molecular weight is 437 g/mol. The molecule has 2 N–H and O–H groups in total. The molecule has 6 nitrogen and oxygen atoms in total. The number of carbonyl (C=O) groups excluding carboxylic acids is 1. The maximum absolute atomic E-state index is 13.1. The van der Waals surface area contributed by atoms with Gasteiger partial charge in [-0.2, -0.15) is 0 Å². The number of benzene rings is 1. The summed E-state index contributed by atoms with van der Waals surface area (Å²) in [6, 6.07) is 3.27. The number of nitrogens with zero attached hydrogens (tertiary/aromatic N) is 1.